The molecule has 1 unspecified atom stereocenters. The highest BCUT2D eigenvalue weighted by molar-refractivity contribution is 5.88. The number of aromatic nitrogens is 2. The maximum Gasteiger partial charge on any atom is 0.410 e. The van der Waals surface area contributed by atoms with E-state index in [1.54, 1.807) is 4.90 Å². The van der Waals surface area contributed by atoms with Gasteiger partial charge in [0.25, 0.3) is 0 Å². The number of ether oxygens (including phenoxy) is 1. The number of nitrogens with one attached hydrogen (secondary N) is 1. The number of aromatic amines is 1. The Balaban J connectivity index is 1.88. The third-order valence-corrected chi connectivity index (χ3v) is 3.92. The minimum Gasteiger partial charge on any atom is -0.478 e. The molecule has 2 N–H and O–H groups in total. The zero-order valence-corrected chi connectivity index (χ0v) is 14.0. The van der Waals surface area contributed by atoms with Crippen LogP contribution in [0.4, 0.5) is 4.79 Å². The largest absolute Gasteiger partial charge is 0.478 e. The van der Waals surface area contributed by atoms with Crippen LogP contribution in [0, 0.1) is 5.92 Å². The summed E-state index contributed by atoms with van der Waals surface area (Å²) in [4.78, 5) is 25.0. The number of piperidine rings is 1. The number of aryl methyl sites for hydroxylation is 1. The molecule has 1 aromatic heterocycles. The third-order valence-electron chi connectivity index (χ3n) is 3.92. The SMILES string of the molecule is CC(C)(C)OC(=O)N1CCCC(CCc2[nH]ncc2C(=O)O)C1. The monoisotopic (exact) mass is 323 g/mol. The Morgan fingerprint density at radius 3 is 2.87 bits per heavy atom. The van der Waals surface area contributed by atoms with Gasteiger partial charge < -0.3 is 14.7 Å². The predicted octanol–water partition coefficient (Wildman–Crippen LogP) is 2.69. The maximum atomic E-state index is 12.1. The van der Waals surface area contributed by atoms with Crippen LogP contribution in [0.25, 0.3) is 0 Å². The number of likely N-dealkylation sites (tertiary alicyclic amines) is 1. The van der Waals surface area contributed by atoms with E-state index in [0.717, 1.165) is 25.8 Å². The predicted molar refractivity (Wildman–Crippen MR) is 84.4 cm³/mol. The van der Waals surface area contributed by atoms with E-state index in [4.69, 9.17) is 9.84 Å². The average molecular weight is 323 g/mol. The van der Waals surface area contributed by atoms with E-state index >= 15 is 0 Å². The minimum atomic E-state index is -0.965. The van der Waals surface area contributed by atoms with Crippen LogP contribution in [0.2, 0.25) is 0 Å². The van der Waals surface area contributed by atoms with E-state index < -0.39 is 11.6 Å². The molecule has 0 spiro atoms. The number of carbonyl (C=O) groups is 2. The fourth-order valence-electron chi connectivity index (χ4n) is 2.83. The topological polar surface area (TPSA) is 95.5 Å². The van der Waals surface area contributed by atoms with E-state index in [2.05, 4.69) is 10.2 Å². The van der Waals surface area contributed by atoms with Crippen molar-refractivity contribution in [3.05, 3.63) is 17.5 Å². The fraction of sp³-hybridized carbons (Fsp3) is 0.688. The van der Waals surface area contributed by atoms with Crippen molar-refractivity contribution in [2.24, 2.45) is 5.92 Å². The average Bonchev–Trinajstić information content (AvgIpc) is 2.92. The Morgan fingerprint density at radius 2 is 2.22 bits per heavy atom. The second-order valence-corrected chi connectivity index (χ2v) is 7.04. The first-order valence-electron chi connectivity index (χ1n) is 7.99. The summed E-state index contributed by atoms with van der Waals surface area (Å²) < 4.78 is 5.42. The molecule has 1 atom stereocenters. The second kappa shape index (κ2) is 7.02. The molecular formula is C16H25N3O4. The molecule has 2 heterocycles. The molecule has 0 bridgehead atoms. The summed E-state index contributed by atoms with van der Waals surface area (Å²) in [6, 6.07) is 0. The van der Waals surface area contributed by atoms with Gasteiger partial charge in [0.1, 0.15) is 11.2 Å². The minimum absolute atomic E-state index is 0.227. The maximum absolute atomic E-state index is 12.1. The first-order valence-corrected chi connectivity index (χ1v) is 7.99. The smallest absolute Gasteiger partial charge is 0.410 e. The highest BCUT2D eigenvalue weighted by atomic mass is 16.6. The van der Waals surface area contributed by atoms with Gasteiger partial charge in [0, 0.05) is 18.8 Å². The van der Waals surface area contributed by atoms with Crippen LogP contribution in [0.1, 0.15) is 56.1 Å². The van der Waals surface area contributed by atoms with E-state index in [0.29, 0.717) is 24.6 Å². The first kappa shape index (κ1) is 17.3. The summed E-state index contributed by atoms with van der Waals surface area (Å²) in [5, 5.41) is 15.6. The van der Waals surface area contributed by atoms with Crippen LogP contribution in [-0.2, 0) is 11.2 Å². The van der Waals surface area contributed by atoms with Gasteiger partial charge >= 0.3 is 12.1 Å². The van der Waals surface area contributed by atoms with Crippen LogP contribution >= 0.6 is 0 Å². The van der Waals surface area contributed by atoms with Gasteiger partial charge in [-0.1, -0.05) is 0 Å². The van der Waals surface area contributed by atoms with Gasteiger partial charge in [0.2, 0.25) is 0 Å². The fourth-order valence-corrected chi connectivity index (χ4v) is 2.83. The van der Waals surface area contributed by atoms with Crippen molar-refractivity contribution in [3.8, 4) is 0 Å². The van der Waals surface area contributed by atoms with Crippen LogP contribution in [0.15, 0.2) is 6.20 Å². The molecule has 1 amide bonds. The Labute approximate surface area is 136 Å². The molecule has 7 nitrogen and oxygen atoms in total. The number of carboxylic acids is 1. The van der Waals surface area contributed by atoms with Crippen molar-refractivity contribution in [1.29, 1.82) is 0 Å². The Hall–Kier alpha value is -2.05. The number of hydrogen-bond donors (Lipinski definition) is 2. The van der Waals surface area contributed by atoms with Gasteiger partial charge in [-0.2, -0.15) is 5.10 Å². The third kappa shape index (κ3) is 4.97. The molecule has 1 saturated heterocycles. The molecule has 2 rings (SSSR count). The number of aromatic carboxylic acids is 1. The van der Waals surface area contributed by atoms with Crippen molar-refractivity contribution in [2.75, 3.05) is 13.1 Å². The summed E-state index contributed by atoms with van der Waals surface area (Å²) >= 11 is 0. The molecular weight excluding hydrogens is 298 g/mol. The van der Waals surface area contributed by atoms with Crippen molar-refractivity contribution in [3.63, 3.8) is 0 Å². The van der Waals surface area contributed by atoms with Crippen LogP contribution in [0.3, 0.4) is 0 Å². The van der Waals surface area contributed by atoms with E-state index in [1.165, 1.54) is 6.20 Å². The number of carboxylic acid groups (broad SMARTS) is 1. The molecule has 1 aromatic rings. The number of H-pyrrole nitrogens is 1. The highest BCUT2D eigenvalue weighted by Gasteiger charge is 2.27. The van der Waals surface area contributed by atoms with E-state index in [1.807, 2.05) is 20.8 Å². The summed E-state index contributed by atoms with van der Waals surface area (Å²) in [7, 11) is 0. The number of amides is 1. The van der Waals surface area contributed by atoms with Crippen LogP contribution in [0.5, 0.6) is 0 Å². The molecule has 23 heavy (non-hydrogen) atoms. The Kier molecular flexibility index (Phi) is 5.28. The second-order valence-electron chi connectivity index (χ2n) is 7.04. The van der Waals surface area contributed by atoms with Crippen molar-refractivity contribution < 1.29 is 19.4 Å². The molecule has 0 saturated carbocycles. The van der Waals surface area contributed by atoms with Crippen LogP contribution < -0.4 is 0 Å². The zero-order valence-electron chi connectivity index (χ0n) is 14.0. The highest BCUT2D eigenvalue weighted by Crippen LogP contribution is 2.23. The molecule has 7 heteroatoms. The standard InChI is InChI=1S/C16H25N3O4/c1-16(2,3)23-15(22)19-8-4-5-11(10-19)6-7-13-12(14(20)21)9-17-18-13/h9,11H,4-8,10H2,1-3H3,(H,17,18)(H,20,21). The molecule has 128 valence electrons. The number of hydrogen-bond acceptors (Lipinski definition) is 4. The first-order chi connectivity index (χ1) is 10.8. The molecule has 1 fully saturated rings. The van der Waals surface area contributed by atoms with E-state index in [-0.39, 0.29) is 11.7 Å². The normalized spacial score (nSPS) is 18.7. The summed E-state index contributed by atoms with van der Waals surface area (Å²) in [5.41, 5.74) is 0.382. The number of nitrogens with zero attached hydrogens (tertiary/aromatic N) is 2. The summed E-state index contributed by atoms with van der Waals surface area (Å²) in [5.74, 6) is -0.617. The van der Waals surface area contributed by atoms with Crippen molar-refractivity contribution >= 4 is 12.1 Å². The summed E-state index contributed by atoms with van der Waals surface area (Å²) in [6.07, 6.45) is 4.49. The van der Waals surface area contributed by atoms with Gasteiger partial charge in [-0.3, -0.25) is 5.10 Å². The van der Waals surface area contributed by atoms with Crippen molar-refractivity contribution in [2.45, 2.75) is 52.1 Å². The Morgan fingerprint density at radius 1 is 1.48 bits per heavy atom. The lowest BCUT2D eigenvalue weighted by Crippen LogP contribution is -2.43. The Bertz CT molecular complexity index is 562. The van der Waals surface area contributed by atoms with Crippen molar-refractivity contribution in [1.82, 2.24) is 15.1 Å². The lowest BCUT2D eigenvalue weighted by molar-refractivity contribution is 0.0162. The van der Waals surface area contributed by atoms with Gasteiger partial charge in [0.15, 0.2) is 0 Å². The van der Waals surface area contributed by atoms with Gasteiger partial charge in [-0.05, 0) is 52.4 Å². The van der Waals surface area contributed by atoms with Gasteiger partial charge in [-0.15, -0.1) is 0 Å². The lowest BCUT2D eigenvalue weighted by atomic mass is 9.92. The van der Waals surface area contributed by atoms with Gasteiger partial charge in [0.05, 0.1) is 6.20 Å². The molecule has 1 aliphatic rings. The summed E-state index contributed by atoms with van der Waals surface area (Å²) in [6.45, 7) is 6.95. The van der Waals surface area contributed by atoms with Gasteiger partial charge in [-0.25, -0.2) is 9.59 Å². The zero-order chi connectivity index (χ0) is 17.0. The lowest BCUT2D eigenvalue weighted by Gasteiger charge is -2.34. The molecule has 1 aliphatic heterocycles. The quantitative estimate of drug-likeness (QED) is 0.888. The van der Waals surface area contributed by atoms with E-state index in [9.17, 15) is 9.59 Å². The molecule has 0 aliphatic carbocycles. The van der Waals surface area contributed by atoms with Crippen LogP contribution in [-0.4, -0.2) is 51.0 Å². The molecule has 0 aromatic carbocycles. The molecule has 0 radical (unpaired) electrons. The number of carbonyl (C=O) groups excluding carboxylic acids is 1. The number of rotatable bonds is 4.